The molecule has 1 aliphatic carbocycles. The maximum Gasteiger partial charge on any atom is 0.0589 e. The number of rotatable bonds is 4. The Morgan fingerprint density at radius 3 is 2.46 bits per heavy atom. The summed E-state index contributed by atoms with van der Waals surface area (Å²) < 4.78 is 5.06. The van der Waals surface area contributed by atoms with Crippen LogP contribution in [-0.4, -0.2) is 44.3 Å². The van der Waals surface area contributed by atoms with Crippen molar-refractivity contribution in [1.29, 1.82) is 0 Å². The normalized spacial score (nSPS) is 29.5. The number of hydrogen-bond acceptors (Lipinski definition) is 3. The minimum absolute atomic E-state index is 0.451. The van der Waals surface area contributed by atoms with E-state index in [-0.39, 0.29) is 0 Å². The first-order valence-corrected chi connectivity index (χ1v) is 5.18. The topological polar surface area (TPSA) is 38.5 Å². The zero-order valence-electron chi connectivity index (χ0n) is 8.83. The van der Waals surface area contributed by atoms with E-state index in [1.165, 1.54) is 25.7 Å². The van der Waals surface area contributed by atoms with Crippen LogP contribution in [0.2, 0.25) is 0 Å². The van der Waals surface area contributed by atoms with Crippen molar-refractivity contribution in [3.63, 3.8) is 0 Å². The summed E-state index contributed by atoms with van der Waals surface area (Å²) in [7, 11) is 3.94. The first-order valence-electron chi connectivity index (χ1n) is 5.18. The van der Waals surface area contributed by atoms with Gasteiger partial charge in [0.1, 0.15) is 0 Å². The summed E-state index contributed by atoms with van der Waals surface area (Å²) in [5.41, 5.74) is 5.85. The smallest absolute Gasteiger partial charge is 0.0589 e. The number of likely N-dealkylation sites (N-methyl/N-ethyl adjacent to an activating group) is 1. The van der Waals surface area contributed by atoms with Crippen LogP contribution in [0.3, 0.4) is 0 Å². The van der Waals surface area contributed by atoms with Gasteiger partial charge in [-0.2, -0.15) is 0 Å². The van der Waals surface area contributed by atoms with Crippen molar-refractivity contribution in [3.05, 3.63) is 0 Å². The van der Waals surface area contributed by atoms with Gasteiger partial charge in [0, 0.05) is 25.7 Å². The Kier molecular flexibility index (Phi) is 4.70. The molecule has 1 fully saturated rings. The molecule has 0 spiro atoms. The highest BCUT2D eigenvalue weighted by Crippen LogP contribution is 2.20. The van der Waals surface area contributed by atoms with E-state index >= 15 is 0 Å². The molecule has 0 heterocycles. The van der Waals surface area contributed by atoms with Crippen molar-refractivity contribution >= 4 is 0 Å². The Balaban J connectivity index is 2.19. The van der Waals surface area contributed by atoms with E-state index in [0.29, 0.717) is 6.04 Å². The zero-order chi connectivity index (χ0) is 9.68. The molecule has 1 rings (SSSR count). The van der Waals surface area contributed by atoms with Crippen LogP contribution < -0.4 is 5.73 Å². The van der Waals surface area contributed by atoms with Gasteiger partial charge in [0.15, 0.2) is 0 Å². The Hall–Kier alpha value is -0.120. The van der Waals surface area contributed by atoms with Crippen molar-refractivity contribution in [2.24, 2.45) is 5.73 Å². The van der Waals surface area contributed by atoms with Gasteiger partial charge in [-0.25, -0.2) is 0 Å². The van der Waals surface area contributed by atoms with E-state index in [1.807, 2.05) is 0 Å². The molecule has 0 bridgehead atoms. The number of nitrogens with two attached hydrogens (primary N) is 1. The molecule has 0 aromatic carbocycles. The number of ether oxygens (including phenoxy) is 1. The fourth-order valence-electron chi connectivity index (χ4n) is 1.96. The molecule has 0 amide bonds. The first-order chi connectivity index (χ1) is 6.24. The lowest BCUT2D eigenvalue weighted by atomic mass is 9.91. The third kappa shape index (κ3) is 3.63. The van der Waals surface area contributed by atoms with E-state index in [9.17, 15) is 0 Å². The van der Waals surface area contributed by atoms with Gasteiger partial charge >= 0.3 is 0 Å². The van der Waals surface area contributed by atoms with Crippen LogP contribution in [0, 0.1) is 0 Å². The van der Waals surface area contributed by atoms with Gasteiger partial charge in [-0.05, 0) is 32.7 Å². The first kappa shape index (κ1) is 11.0. The molecule has 78 valence electrons. The molecule has 0 radical (unpaired) electrons. The van der Waals surface area contributed by atoms with Crippen molar-refractivity contribution in [1.82, 2.24) is 4.90 Å². The third-order valence-corrected chi connectivity index (χ3v) is 3.01. The highest BCUT2D eigenvalue weighted by molar-refractivity contribution is 4.79. The molecule has 1 saturated carbocycles. The van der Waals surface area contributed by atoms with Crippen molar-refractivity contribution < 1.29 is 4.74 Å². The monoisotopic (exact) mass is 186 g/mol. The van der Waals surface area contributed by atoms with Gasteiger partial charge in [0.05, 0.1) is 6.61 Å². The zero-order valence-corrected chi connectivity index (χ0v) is 8.83. The quantitative estimate of drug-likeness (QED) is 0.707. The van der Waals surface area contributed by atoms with Crippen molar-refractivity contribution in [2.45, 2.75) is 37.8 Å². The molecule has 0 aromatic heterocycles. The molecular weight excluding hydrogens is 164 g/mol. The van der Waals surface area contributed by atoms with Gasteiger partial charge in [0.2, 0.25) is 0 Å². The van der Waals surface area contributed by atoms with E-state index in [4.69, 9.17) is 10.5 Å². The van der Waals surface area contributed by atoms with Crippen LogP contribution in [-0.2, 0) is 4.74 Å². The van der Waals surface area contributed by atoms with Gasteiger partial charge < -0.3 is 15.4 Å². The SMILES string of the molecule is COCCN(C)[C@H]1CC[C@H](N)CC1. The maximum absolute atomic E-state index is 5.85. The third-order valence-electron chi connectivity index (χ3n) is 3.01. The van der Waals surface area contributed by atoms with Crippen LogP contribution in [0.5, 0.6) is 0 Å². The summed E-state index contributed by atoms with van der Waals surface area (Å²) in [5, 5.41) is 0. The summed E-state index contributed by atoms with van der Waals surface area (Å²) >= 11 is 0. The maximum atomic E-state index is 5.85. The van der Waals surface area contributed by atoms with Crippen LogP contribution in [0.4, 0.5) is 0 Å². The lowest BCUT2D eigenvalue weighted by Gasteiger charge is -2.33. The van der Waals surface area contributed by atoms with E-state index < -0.39 is 0 Å². The van der Waals surface area contributed by atoms with E-state index in [0.717, 1.165) is 19.2 Å². The number of methoxy groups -OCH3 is 1. The average Bonchev–Trinajstić information content (AvgIpc) is 2.15. The summed E-state index contributed by atoms with van der Waals surface area (Å²) in [4.78, 5) is 2.40. The minimum Gasteiger partial charge on any atom is -0.383 e. The van der Waals surface area contributed by atoms with Gasteiger partial charge in [-0.15, -0.1) is 0 Å². The Labute approximate surface area is 81.2 Å². The second-order valence-electron chi connectivity index (χ2n) is 4.04. The van der Waals surface area contributed by atoms with Crippen LogP contribution in [0.25, 0.3) is 0 Å². The molecule has 3 nitrogen and oxygen atoms in total. The second kappa shape index (κ2) is 5.58. The largest absolute Gasteiger partial charge is 0.383 e. The lowest BCUT2D eigenvalue weighted by molar-refractivity contribution is 0.120. The highest BCUT2D eigenvalue weighted by Gasteiger charge is 2.21. The number of nitrogens with zero attached hydrogens (tertiary/aromatic N) is 1. The fraction of sp³-hybridized carbons (Fsp3) is 1.00. The Morgan fingerprint density at radius 2 is 1.92 bits per heavy atom. The summed E-state index contributed by atoms with van der Waals surface area (Å²) in [6.45, 7) is 1.87. The van der Waals surface area contributed by atoms with E-state index in [2.05, 4.69) is 11.9 Å². The predicted octanol–water partition coefficient (Wildman–Crippen LogP) is 0.834. The van der Waals surface area contributed by atoms with Crippen LogP contribution in [0.1, 0.15) is 25.7 Å². The number of hydrogen-bond donors (Lipinski definition) is 1. The lowest BCUT2D eigenvalue weighted by Crippen LogP contribution is -2.40. The molecule has 3 heteroatoms. The highest BCUT2D eigenvalue weighted by atomic mass is 16.5. The second-order valence-corrected chi connectivity index (χ2v) is 4.04. The molecule has 1 aliphatic rings. The molecule has 2 N–H and O–H groups in total. The molecule has 0 atom stereocenters. The standard InChI is InChI=1S/C10H22N2O/c1-12(7-8-13-2)10-5-3-9(11)4-6-10/h9-10H,3-8,11H2,1-2H3/t9-,10-. The summed E-state index contributed by atoms with van der Waals surface area (Å²) in [6.07, 6.45) is 4.87. The summed E-state index contributed by atoms with van der Waals surface area (Å²) in [6, 6.07) is 1.18. The van der Waals surface area contributed by atoms with Gasteiger partial charge in [0.25, 0.3) is 0 Å². The average molecular weight is 186 g/mol. The molecule has 0 aliphatic heterocycles. The molecular formula is C10H22N2O. The minimum atomic E-state index is 0.451. The van der Waals surface area contributed by atoms with Gasteiger partial charge in [-0.1, -0.05) is 0 Å². The fourth-order valence-corrected chi connectivity index (χ4v) is 1.96. The Morgan fingerprint density at radius 1 is 1.31 bits per heavy atom. The van der Waals surface area contributed by atoms with Gasteiger partial charge in [-0.3, -0.25) is 0 Å². The predicted molar refractivity (Wildman–Crippen MR) is 54.7 cm³/mol. The molecule has 0 unspecified atom stereocenters. The Bertz CT molecular complexity index is 133. The molecule has 0 aromatic rings. The summed E-state index contributed by atoms with van der Waals surface area (Å²) in [5.74, 6) is 0. The molecule has 13 heavy (non-hydrogen) atoms. The molecule has 0 saturated heterocycles. The van der Waals surface area contributed by atoms with Crippen LogP contribution in [0.15, 0.2) is 0 Å². The van der Waals surface area contributed by atoms with Crippen LogP contribution >= 0.6 is 0 Å². The van der Waals surface area contributed by atoms with Crippen molar-refractivity contribution in [3.8, 4) is 0 Å². The van der Waals surface area contributed by atoms with E-state index in [1.54, 1.807) is 7.11 Å². The van der Waals surface area contributed by atoms with Crippen molar-refractivity contribution in [2.75, 3.05) is 27.3 Å².